The largest absolute Gasteiger partial charge is 0.294 e. The van der Waals surface area contributed by atoms with E-state index in [-0.39, 0.29) is 22.7 Å². The first-order valence-corrected chi connectivity index (χ1v) is 20.0. The van der Waals surface area contributed by atoms with Crippen molar-refractivity contribution in [2.45, 2.75) is 82.1 Å². The van der Waals surface area contributed by atoms with Crippen LogP contribution >= 0.6 is 16.4 Å². The van der Waals surface area contributed by atoms with Gasteiger partial charge in [-0.05, 0) is 147 Å². The Kier molecular flexibility index (Phi) is 7.98. The topological polar surface area (TPSA) is 18.5 Å². The van der Waals surface area contributed by atoms with Crippen molar-refractivity contribution in [3.63, 3.8) is 0 Å². The van der Waals surface area contributed by atoms with Crippen LogP contribution in [0.15, 0.2) is 94.9 Å². The Bertz CT molecular complexity index is 2020. The van der Waals surface area contributed by atoms with Crippen LogP contribution in [0.5, 0.6) is 0 Å². The number of fused-ring (bicyclic) bond motifs is 4. The Morgan fingerprint density at radius 2 is 0.900 bits per heavy atom. The van der Waals surface area contributed by atoms with Crippen molar-refractivity contribution < 1.29 is 9.78 Å². The fourth-order valence-corrected chi connectivity index (χ4v) is 12.2. The highest BCUT2D eigenvalue weighted by atomic mass is 31.0. The van der Waals surface area contributed by atoms with Gasteiger partial charge < -0.3 is 0 Å². The zero-order chi connectivity index (χ0) is 35.3. The molecular weight excluding hydrogens is 646 g/mol. The molecule has 4 bridgehead atoms. The predicted molar refractivity (Wildman–Crippen MR) is 213 cm³/mol. The van der Waals surface area contributed by atoms with E-state index in [2.05, 4.69) is 141 Å². The Hall–Kier alpha value is -3.70. The molecule has 2 aromatic carbocycles. The van der Waals surface area contributed by atoms with Crippen LogP contribution in [-0.4, -0.2) is 0 Å². The van der Waals surface area contributed by atoms with Crippen molar-refractivity contribution in [2.24, 2.45) is 22.7 Å². The number of aryl methyl sites for hydroxylation is 6. The van der Waals surface area contributed by atoms with E-state index in [0.717, 1.165) is 24.4 Å². The second-order valence-corrected chi connectivity index (χ2v) is 18.0. The second kappa shape index (κ2) is 11.9. The Morgan fingerprint density at radius 1 is 0.540 bits per heavy atom. The minimum atomic E-state index is -0.127. The fraction of sp³-hybridized carbons (Fsp3) is 0.348. The molecule has 50 heavy (non-hydrogen) atoms. The maximum atomic E-state index is 6.75. The summed E-state index contributed by atoms with van der Waals surface area (Å²) in [4.78, 5) is 13.5. The fourth-order valence-electron chi connectivity index (χ4n) is 10.3. The molecule has 0 aliphatic heterocycles. The van der Waals surface area contributed by atoms with Crippen LogP contribution in [0.1, 0.15) is 95.6 Å². The first kappa shape index (κ1) is 33.4. The molecule has 0 saturated heterocycles. The summed E-state index contributed by atoms with van der Waals surface area (Å²) in [6.45, 7) is 23.0. The highest BCUT2D eigenvalue weighted by molar-refractivity contribution is 7.31. The molecule has 0 spiro atoms. The summed E-state index contributed by atoms with van der Waals surface area (Å²) in [6.07, 6.45) is 2.03. The predicted octanol–water partition coefficient (Wildman–Crippen LogP) is 13.8. The molecule has 0 radical (unpaired) electrons. The molecule has 4 unspecified atom stereocenters. The van der Waals surface area contributed by atoms with Gasteiger partial charge in [-0.15, -0.1) is 0 Å². The van der Waals surface area contributed by atoms with Gasteiger partial charge in [0.15, 0.2) is 11.5 Å². The molecule has 4 aromatic rings. The van der Waals surface area contributed by atoms with Crippen molar-refractivity contribution >= 4 is 38.7 Å². The maximum Gasteiger partial charge on any atom is 0.163 e. The smallest absolute Gasteiger partial charge is 0.163 e. The van der Waals surface area contributed by atoms with E-state index >= 15 is 0 Å². The quantitative estimate of drug-likeness (QED) is 0.142. The summed E-state index contributed by atoms with van der Waals surface area (Å²) in [5, 5.41) is 2.75. The van der Waals surface area contributed by atoms with E-state index in [9.17, 15) is 0 Å². The van der Waals surface area contributed by atoms with E-state index in [1.807, 2.05) is 0 Å². The second-order valence-electron chi connectivity index (χ2n) is 15.9. The molecule has 0 N–H and O–H groups in total. The van der Waals surface area contributed by atoms with Gasteiger partial charge in [0, 0.05) is 33.3 Å². The molecule has 4 aliphatic rings. The summed E-state index contributed by atoms with van der Waals surface area (Å²) in [6, 6.07) is 22.7. The van der Waals surface area contributed by atoms with E-state index in [1.54, 1.807) is 0 Å². The standard InChI is InChI=1S/C46H48O2P2/c1-25-19-27(3)37(28(4)20-25)41-39(35-15-11-13-17-49-35)33-23-45(41,9)31(7)43(33)47-48-44-32(8)46(10)24-34(44)40(36-16-12-14-18-50-36)42(46)38-29(5)21-26(2)22-30(38)6/h11-22,33-34H,23-24H2,1-10H3. The number of hydrogen-bond donors (Lipinski definition) is 0. The van der Waals surface area contributed by atoms with E-state index < -0.39 is 0 Å². The van der Waals surface area contributed by atoms with Gasteiger partial charge in [0.05, 0.1) is 0 Å². The molecule has 0 fully saturated rings. The van der Waals surface area contributed by atoms with Crippen molar-refractivity contribution in [1.82, 2.24) is 0 Å². The van der Waals surface area contributed by atoms with Crippen LogP contribution in [0, 0.1) is 64.2 Å². The third kappa shape index (κ3) is 4.82. The van der Waals surface area contributed by atoms with E-state index in [1.165, 1.54) is 105 Å². The van der Waals surface area contributed by atoms with Crippen LogP contribution in [0.4, 0.5) is 0 Å². The molecule has 4 atom stereocenters. The molecule has 254 valence electrons. The average Bonchev–Trinajstić information content (AvgIpc) is 3.71. The number of hydrogen-bond acceptors (Lipinski definition) is 2. The zero-order valence-corrected chi connectivity index (χ0v) is 33.0. The minimum Gasteiger partial charge on any atom is -0.294 e. The first-order chi connectivity index (χ1) is 23.8. The molecule has 0 saturated carbocycles. The van der Waals surface area contributed by atoms with Gasteiger partial charge in [0.25, 0.3) is 0 Å². The number of benzene rings is 2. The highest BCUT2D eigenvalue weighted by Gasteiger charge is 2.57. The van der Waals surface area contributed by atoms with Gasteiger partial charge in [0.1, 0.15) is 0 Å². The summed E-state index contributed by atoms with van der Waals surface area (Å²) in [5.41, 5.74) is 19.1. The molecule has 2 nitrogen and oxygen atoms in total. The Balaban J connectivity index is 1.20. The van der Waals surface area contributed by atoms with Crippen molar-refractivity contribution in [3.05, 3.63) is 150 Å². The maximum absolute atomic E-state index is 6.75. The van der Waals surface area contributed by atoms with Crippen LogP contribution < -0.4 is 0 Å². The lowest BCUT2D eigenvalue weighted by Crippen LogP contribution is -2.20. The lowest BCUT2D eigenvalue weighted by atomic mass is 9.72. The van der Waals surface area contributed by atoms with Gasteiger partial charge in [-0.3, -0.25) is 9.78 Å². The minimum absolute atomic E-state index is 0.127. The molecule has 8 rings (SSSR count). The zero-order valence-electron chi connectivity index (χ0n) is 31.2. The third-order valence-corrected chi connectivity index (χ3v) is 14.5. The Labute approximate surface area is 302 Å². The normalized spacial score (nSPS) is 25.8. The molecule has 0 amide bonds. The summed E-state index contributed by atoms with van der Waals surface area (Å²) < 4.78 is 0. The van der Waals surface area contributed by atoms with Crippen LogP contribution in [-0.2, 0) is 9.78 Å². The van der Waals surface area contributed by atoms with Crippen molar-refractivity contribution in [2.75, 3.05) is 0 Å². The van der Waals surface area contributed by atoms with Crippen LogP contribution in [0.25, 0.3) is 22.3 Å². The monoisotopic (exact) mass is 694 g/mol. The van der Waals surface area contributed by atoms with E-state index in [4.69, 9.17) is 9.78 Å². The van der Waals surface area contributed by atoms with Gasteiger partial charge >= 0.3 is 0 Å². The summed E-state index contributed by atoms with van der Waals surface area (Å²) in [5.74, 6) is 6.86. The molecule has 2 heterocycles. The van der Waals surface area contributed by atoms with Crippen molar-refractivity contribution in [1.29, 1.82) is 0 Å². The molecule has 2 aromatic heterocycles. The van der Waals surface area contributed by atoms with Gasteiger partial charge in [-0.1, -0.05) is 102 Å². The Morgan fingerprint density at radius 3 is 1.22 bits per heavy atom. The van der Waals surface area contributed by atoms with Crippen LogP contribution in [0.2, 0.25) is 0 Å². The number of allylic oxidation sites excluding steroid dienone is 6. The average molecular weight is 695 g/mol. The van der Waals surface area contributed by atoms with Gasteiger partial charge in [-0.2, -0.15) is 0 Å². The lowest BCUT2D eigenvalue weighted by Gasteiger charge is -2.34. The summed E-state index contributed by atoms with van der Waals surface area (Å²) in [7, 11) is 2.48. The molecular formula is C46H48O2P2. The molecule has 4 aliphatic carbocycles. The third-order valence-electron chi connectivity index (χ3n) is 12.5. The SMILES string of the molecule is CC1=C(OOC2=C(C)C3(C)CC2C(c2ccccp2)=C3c2c(C)cc(C)cc2C)C2CC1(C)C(c1c(C)cc(C)cc1C)=C2c1ccccp1. The molecule has 4 heteroatoms. The summed E-state index contributed by atoms with van der Waals surface area (Å²) >= 11 is 0. The van der Waals surface area contributed by atoms with Crippen LogP contribution in [0.3, 0.4) is 0 Å². The number of rotatable bonds is 7. The van der Waals surface area contributed by atoms with E-state index in [0.29, 0.717) is 0 Å². The van der Waals surface area contributed by atoms with Crippen molar-refractivity contribution in [3.8, 4) is 0 Å². The van der Waals surface area contributed by atoms with Gasteiger partial charge in [0.2, 0.25) is 0 Å². The highest BCUT2D eigenvalue weighted by Crippen LogP contribution is 2.69. The lowest BCUT2D eigenvalue weighted by molar-refractivity contribution is -0.235. The van der Waals surface area contributed by atoms with Gasteiger partial charge in [-0.25, -0.2) is 0 Å². The first-order valence-electron chi connectivity index (χ1n) is 18.1.